The van der Waals surface area contributed by atoms with Crippen LogP contribution in [-0.4, -0.2) is 66.0 Å². The average Bonchev–Trinajstić information content (AvgIpc) is 3.62. The Morgan fingerprint density at radius 3 is 2.22 bits per heavy atom. The summed E-state index contributed by atoms with van der Waals surface area (Å²) in [5.74, 6) is -2.40. The van der Waals surface area contributed by atoms with Crippen molar-refractivity contribution in [1.29, 1.82) is 0 Å². The van der Waals surface area contributed by atoms with Gasteiger partial charge in [0.05, 0.1) is 7.11 Å². The summed E-state index contributed by atoms with van der Waals surface area (Å²) in [4.78, 5) is 64.2. The topological polar surface area (TPSA) is 157 Å². The molecule has 0 bridgehead atoms. The van der Waals surface area contributed by atoms with Crippen molar-refractivity contribution in [2.75, 3.05) is 13.7 Å². The van der Waals surface area contributed by atoms with Crippen molar-refractivity contribution in [3.63, 3.8) is 0 Å². The number of carbonyl (C=O) groups is 5. The van der Waals surface area contributed by atoms with Crippen LogP contribution in [0.25, 0.3) is 0 Å². The average molecular weight is 505 g/mol. The molecule has 0 aliphatic heterocycles. The van der Waals surface area contributed by atoms with Gasteiger partial charge in [0, 0.05) is 12.5 Å². The van der Waals surface area contributed by atoms with Crippen LogP contribution in [-0.2, 0) is 28.7 Å². The van der Waals surface area contributed by atoms with E-state index in [0.717, 1.165) is 5.56 Å². The molecule has 1 saturated carbocycles. The van der Waals surface area contributed by atoms with Gasteiger partial charge in [0.15, 0.2) is 0 Å². The van der Waals surface area contributed by atoms with Gasteiger partial charge in [-0.2, -0.15) is 0 Å². The molecule has 0 aromatic heterocycles. The van der Waals surface area contributed by atoms with Crippen LogP contribution >= 0.6 is 0 Å². The number of esters is 1. The number of rotatable bonds is 11. The number of primary amides is 1. The molecule has 2 atom stereocenters. The van der Waals surface area contributed by atoms with E-state index in [1.807, 2.05) is 19.1 Å². The number of nitrogens with zero attached hydrogens (tertiary/aromatic N) is 1. The first-order valence-corrected chi connectivity index (χ1v) is 11.8. The number of nitrogens with one attached hydrogen (secondary N) is 2. The van der Waals surface area contributed by atoms with E-state index < -0.39 is 47.5 Å². The number of hydrogen-bond acceptors (Lipinski definition) is 7. The number of methoxy groups -OCH3 is 1. The van der Waals surface area contributed by atoms with Crippen LogP contribution in [0, 0.1) is 6.92 Å². The van der Waals surface area contributed by atoms with Crippen LogP contribution < -0.4 is 16.4 Å². The smallest absolute Gasteiger partial charge is 0.408 e. The molecule has 198 valence electrons. The minimum absolute atomic E-state index is 0.0684. The molecular weight excluding hydrogens is 468 g/mol. The molecule has 11 heteroatoms. The quantitative estimate of drug-likeness (QED) is 0.385. The Morgan fingerprint density at radius 2 is 1.72 bits per heavy atom. The maximum Gasteiger partial charge on any atom is 0.408 e. The fraction of sp³-hybridized carbons (Fsp3) is 0.560. The van der Waals surface area contributed by atoms with Crippen molar-refractivity contribution in [2.45, 2.75) is 77.1 Å². The molecule has 11 nitrogen and oxygen atoms in total. The molecule has 0 heterocycles. The summed E-state index contributed by atoms with van der Waals surface area (Å²) in [6, 6.07) is 4.61. The third-order valence-electron chi connectivity index (χ3n) is 5.42. The number of benzene rings is 1. The Balaban J connectivity index is 2.41. The lowest BCUT2D eigenvalue weighted by molar-refractivity contribution is -0.145. The van der Waals surface area contributed by atoms with Gasteiger partial charge < -0.3 is 30.7 Å². The van der Waals surface area contributed by atoms with Crippen LogP contribution in [0.1, 0.15) is 63.6 Å². The van der Waals surface area contributed by atoms with E-state index in [-0.39, 0.29) is 25.4 Å². The standard InChI is InChI=1S/C25H36N4O7/c1-15-6-8-16(9-7-15)21(22(32)27-14-20(31)35-5)29(17-10-11-17)23(33)18(12-13-19(26)30)28-24(34)36-25(2,3)4/h6-9,17-18,21H,10-14H2,1-5H3,(H2,26,30)(H,27,32)(H,28,34). The summed E-state index contributed by atoms with van der Waals surface area (Å²) in [7, 11) is 1.21. The lowest BCUT2D eigenvalue weighted by Crippen LogP contribution is -2.54. The van der Waals surface area contributed by atoms with Gasteiger partial charge in [-0.15, -0.1) is 0 Å². The van der Waals surface area contributed by atoms with Crippen LogP contribution in [0.15, 0.2) is 24.3 Å². The Kier molecular flexibility index (Phi) is 9.83. The SMILES string of the molecule is COC(=O)CNC(=O)C(c1ccc(C)cc1)N(C(=O)C(CCC(N)=O)NC(=O)OC(C)(C)C)C1CC1. The van der Waals surface area contributed by atoms with Gasteiger partial charge in [0.1, 0.15) is 24.2 Å². The van der Waals surface area contributed by atoms with E-state index in [2.05, 4.69) is 15.4 Å². The second kappa shape index (κ2) is 12.4. The fourth-order valence-electron chi connectivity index (χ4n) is 3.56. The Labute approximate surface area is 211 Å². The molecule has 0 spiro atoms. The van der Waals surface area contributed by atoms with Gasteiger partial charge in [-0.1, -0.05) is 29.8 Å². The van der Waals surface area contributed by atoms with Crippen molar-refractivity contribution < 1.29 is 33.4 Å². The summed E-state index contributed by atoms with van der Waals surface area (Å²) >= 11 is 0. The summed E-state index contributed by atoms with van der Waals surface area (Å²) in [6.45, 7) is 6.57. The molecule has 1 fully saturated rings. The van der Waals surface area contributed by atoms with E-state index in [9.17, 15) is 24.0 Å². The third kappa shape index (κ3) is 8.86. The highest BCUT2D eigenvalue weighted by Crippen LogP contribution is 2.36. The number of aryl methyl sites for hydroxylation is 1. The minimum atomic E-state index is -1.16. The second-order valence-electron chi connectivity index (χ2n) is 9.79. The van der Waals surface area contributed by atoms with Crippen LogP contribution in [0.2, 0.25) is 0 Å². The normalized spacial score (nSPS) is 14.7. The molecule has 4 N–H and O–H groups in total. The molecule has 1 aromatic carbocycles. The van der Waals surface area contributed by atoms with Gasteiger partial charge in [-0.3, -0.25) is 19.2 Å². The van der Waals surface area contributed by atoms with Gasteiger partial charge in [0.2, 0.25) is 17.7 Å². The van der Waals surface area contributed by atoms with Crippen molar-refractivity contribution in [3.05, 3.63) is 35.4 Å². The first-order chi connectivity index (χ1) is 16.8. The number of amides is 4. The van der Waals surface area contributed by atoms with Crippen LogP contribution in [0.4, 0.5) is 4.79 Å². The zero-order valence-corrected chi connectivity index (χ0v) is 21.5. The Bertz CT molecular complexity index is 968. The van der Waals surface area contributed by atoms with Crippen molar-refractivity contribution in [1.82, 2.24) is 15.5 Å². The molecule has 1 aliphatic rings. The van der Waals surface area contributed by atoms with E-state index in [4.69, 9.17) is 10.5 Å². The van der Waals surface area contributed by atoms with Gasteiger partial charge in [-0.25, -0.2) is 4.79 Å². The molecule has 2 rings (SSSR count). The summed E-state index contributed by atoms with van der Waals surface area (Å²) in [5.41, 5.74) is 5.99. The minimum Gasteiger partial charge on any atom is -0.468 e. The van der Waals surface area contributed by atoms with E-state index in [1.165, 1.54) is 12.0 Å². The van der Waals surface area contributed by atoms with Gasteiger partial charge >= 0.3 is 12.1 Å². The van der Waals surface area contributed by atoms with Crippen LogP contribution in [0.3, 0.4) is 0 Å². The summed E-state index contributed by atoms with van der Waals surface area (Å²) in [5, 5.41) is 5.07. The second-order valence-corrected chi connectivity index (χ2v) is 9.79. The third-order valence-corrected chi connectivity index (χ3v) is 5.42. The van der Waals surface area contributed by atoms with E-state index in [1.54, 1.807) is 32.9 Å². The fourth-order valence-corrected chi connectivity index (χ4v) is 3.56. The van der Waals surface area contributed by atoms with Crippen molar-refractivity contribution >= 4 is 29.8 Å². The molecule has 0 saturated heterocycles. The lowest BCUT2D eigenvalue weighted by atomic mass is 10.00. The van der Waals surface area contributed by atoms with Crippen molar-refractivity contribution in [3.8, 4) is 0 Å². The molecule has 1 aromatic rings. The zero-order valence-electron chi connectivity index (χ0n) is 21.5. The molecule has 2 unspecified atom stereocenters. The molecule has 4 amide bonds. The monoisotopic (exact) mass is 504 g/mol. The number of ether oxygens (including phenoxy) is 2. The predicted octanol–water partition coefficient (Wildman–Crippen LogP) is 1.48. The largest absolute Gasteiger partial charge is 0.468 e. The first kappa shape index (κ1) is 28.6. The maximum absolute atomic E-state index is 13.9. The molecule has 1 aliphatic carbocycles. The summed E-state index contributed by atoms with van der Waals surface area (Å²) < 4.78 is 9.90. The number of hydrogen-bond donors (Lipinski definition) is 3. The van der Waals surface area contributed by atoms with E-state index in [0.29, 0.717) is 18.4 Å². The molecule has 36 heavy (non-hydrogen) atoms. The molecular formula is C25H36N4O7. The zero-order chi connectivity index (χ0) is 27.0. The number of alkyl carbamates (subject to hydrolysis) is 1. The van der Waals surface area contributed by atoms with E-state index >= 15 is 0 Å². The lowest BCUT2D eigenvalue weighted by Gasteiger charge is -2.34. The first-order valence-electron chi connectivity index (χ1n) is 11.8. The highest BCUT2D eigenvalue weighted by Gasteiger charge is 2.44. The van der Waals surface area contributed by atoms with Gasteiger partial charge in [0.25, 0.3) is 0 Å². The maximum atomic E-state index is 13.9. The molecule has 0 radical (unpaired) electrons. The van der Waals surface area contributed by atoms with Gasteiger partial charge in [-0.05, 0) is 52.5 Å². The Hall–Kier alpha value is -3.63. The predicted molar refractivity (Wildman–Crippen MR) is 130 cm³/mol. The Morgan fingerprint density at radius 1 is 1.11 bits per heavy atom. The van der Waals surface area contributed by atoms with Crippen molar-refractivity contribution in [2.24, 2.45) is 5.73 Å². The van der Waals surface area contributed by atoms with Crippen LogP contribution in [0.5, 0.6) is 0 Å². The summed E-state index contributed by atoms with van der Waals surface area (Å²) in [6.07, 6.45) is 0.263. The highest BCUT2D eigenvalue weighted by molar-refractivity contribution is 5.93. The number of carbonyl (C=O) groups excluding carboxylic acids is 5. The highest BCUT2D eigenvalue weighted by atomic mass is 16.6. The number of nitrogens with two attached hydrogens (primary N) is 1.